The number of thiophene rings is 1. The Kier molecular flexibility index (Phi) is 6.09. The van der Waals surface area contributed by atoms with Crippen LogP contribution in [0, 0.1) is 0 Å². The van der Waals surface area contributed by atoms with E-state index in [1.54, 1.807) is 0 Å². The highest BCUT2D eigenvalue weighted by molar-refractivity contribution is 7.26. The summed E-state index contributed by atoms with van der Waals surface area (Å²) in [6.45, 7) is 0. The SMILES string of the molecule is c1ccc(-c2cc(-n3c4ccccc4c4cc(-n5c6cccnc6c6c7sc8ccccc8c7ccc65)ccc43)cc(-c3ccccc3)n2)cc1. The zero-order chi connectivity index (χ0) is 33.5. The normalized spacial score (nSPS) is 11.9. The summed E-state index contributed by atoms with van der Waals surface area (Å²) in [5.74, 6) is 0. The van der Waals surface area contributed by atoms with E-state index in [0.717, 1.165) is 56.0 Å². The Morgan fingerprint density at radius 1 is 0.431 bits per heavy atom. The molecule has 4 nitrogen and oxygen atoms in total. The zero-order valence-electron chi connectivity index (χ0n) is 27.4. The van der Waals surface area contributed by atoms with Crippen molar-refractivity contribution in [2.75, 3.05) is 0 Å². The van der Waals surface area contributed by atoms with Crippen molar-refractivity contribution >= 4 is 75.3 Å². The monoisotopic (exact) mass is 668 g/mol. The minimum absolute atomic E-state index is 0.944. The Morgan fingerprint density at radius 2 is 1.06 bits per heavy atom. The molecule has 0 aliphatic heterocycles. The molecule has 0 saturated heterocycles. The number of para-hydroxylation sites is 1. The van der Waals surface area contributed by atoms with Gasteiger partial charge in [0.15, 0.2) is 0 Å². The molecule has 0 aliphatic carbocycles. The molecule has 11 rings (SSSR count). The van der Waals surface area contributed by atoms with Gasteiger partial charge in [0.25, 0.3) is 0 Å². The van der Waals surface area contributed by atoms with E-state index >= 15 is 0 Å². The van der Waals surface area contributed by atoms with Crippen LogP contribution >= 0.6 is 11.3 Å². The largest absolute Gasteiger partial charge is 0.309 e. The number of pyridine rings is 2. The first-order chi connectivity index (χ1) is 25.3. The van der Waals surface area contributed by atoms with Gasteiger partial charge >= 0.3 is 0 Å². The van der Waals surface area contributed by atoms with Crippen molar-refractivity contribution in [3.05, 3.63) is 170 Å². The van der Waals surface area contributed by atoms with E-state index in [1.165, 1.54) is 41.8 Å². The molecule has 0 atom stereocenters. The fraction of sp³-hybridized carbons (Fsp3) is 0. The summed E-state index contributed by atoms with van der Waals surface area (Å²) >= 11 is 1.86. The van der Waals surface area contributed by atoms with E-state index in [1.807, 2.05) is 35.7 Å². The third kappa shape index (κ3) is 4.25. The van der Waals surface area contributed by atoms with Gasteiger partial charge in [0, 0.05) is 59.3 Å². The van der Waals surface area contributed by atoms with Gasteiger partial charge in [-0.05, 0) is 60.7 Å². The van der Waals surface area contributed by atoms with E-state index in [9.17, 15) is 0 Å². The Bertz CT molecular complexity index is 3080. The lowest BCUT2D eigenvalue weighted by atomic mass is 10.1. The van der Waals surface area contributed by atoms with Gasteiger partial charge in [-0.2, -0.15) is 0 Å². The summed E-state index contributed by atoms with van der Waals surface area (Å²) in [5, 5.41) is 6.20. The predicted octanol–water partition coefficient (Wildman–Crippen LogP) is 12.4. The minimum Gasteiger partial charge on any atom is -0.309 e. The number of nitrogens with zero attached hydrogens (tertiary/aromatic N) is 4. The van der Waals surface area contributed by atoms with E-state index in [2.05, 4.69) is 155 Å². The van der Waals surface area contributed by atoms with Crippen LogP contribution in [0.1, 0.15) is 0 Å². The molecule has 51 heavy (non-hydrogen) atoms. The first-order valence-corrected chi connectivity index (χ1v) is 18.0. The molecule has 5 aromatic heterocycles. The number of hydrogen-bond acceptors (Lipinski definition) is 3. The van der Waals surface area contributed by atoms with Crippen LogP contribution in [0.4, 0.5) is 0 Å². The third-order valence-corrected chi connectivity index (χ3v) is 11.4. The highest BCUT2D eigenvalue weighted by Gasteiger charge is 2.20. The summed E-state index contributed by atoms with van der Waals surface area (Å²) in [5.41, 5.74) is 11.9. The van der Waals surface area contributed by atoms with Crippen LogP contribution in [0.2, 0.25) is 0 Å². The van der Waals surface area contributed by atoms with Gasteiger partial charge < -0.3 is 9.13 Å². The van der Waals surface area contributed by atoms with Crippen molar-refractivity contribution in [1.29, 1.82) is 0 Å². The second-order valence-electron chi connectivity index (χ2n) is 13.0. The molecule has 0 aliphatic rings. The van der Waals surface area contributed by atoms with Crippen LogP contribution in [0.3, 0.4) is 0 Å². The topological polar surface area (TPSA) is 35.6 Å². The molecule has 5 heterocycles. The molecule has 0 unspecified atom stereocenters. The lowest BCUT2D eigenvalue weighted by molar-refractivity contribution is 1.15. The summed E-state index contributed by atoms with van der Waals surface area (Å²) < 4.78 is 7.37. The second-order valence-corrected chi connectivity index (χ2v) is 14.1. The van der Waals surface area contributed by atoms with Crippen molar-refractivity contribution in [3.63, 3.8) is 0 Å². The van der Waals surface area contributed by atoms with E-state index in [-0.39, 0.29) is 0 Å². The molecular formula is C46H28N4S. The van der Waals surface area contributed by atoms with Gasteiger partial charge in [0.1, 0.15) is 0 Å². The lowest BCUT2D eigenvalue weighted by Crippen LogP contribution is -1.99. The number of rotatable bonds is 4. The minimum atomic E-state index is 0.944. The summed E-state index contributed by atoms with van der Waals surface area (Å²) in [6.07, 6.45) is 1.91. The third-order valence-electron chi connectivity index (χ3n) is 10.2. The van der Waals surface area contributed by atoms with Gasteiger partial charge in [-0.25, -0.2) is 4.98 Å². The Labute approximate surface area is 297 Å². The molecule has 6 aromatic carbocycles. The fourth-order valence-electron chi connectivity index (χ4n) is 7.91. The molecule has 0 amide bonds. The van der Waals surface area contributed by atoms with E-state index in [0.29, 0.717) is 0 Å². The number of aromatic nitrogens is 4. The second kappa shape index (κ2) is 11.0. The maximum Gasteiger partial charge on any atom is 0.0977 e. The number of fused-ring (bicyclic) bond motifs is 10. The van der Waals surface area contributed by atoms with Crippen LogP contribution in [0.15, 0.2) is 170 Å². The zero-order valence-corrected chi connectivity index (χ0v) is 28.2. The highest BCUT2D eigenvalue weighted by atomic mass is 32.1. The Morgan fingerprint density at radius 3 is 1.84 bits per heavy atom. The maximum absolute atomic E-state index is 5.16. The first kappa shape index (κ1) is 28.3. The fourth-order valence-corrected chi connectivity index (χ4v) is 9.15. The molecular weight excluding hydrogens is 641 g/mol. The number of hydrogen-bond donors (Lipinski definition) is 0. The van der Waals surface area contributed by atoms with Crippen molar-refractivity contribution < 1.29 is 0 Å². The van der Waals surface area contributed by atoms with Crippen LogP contribution in [0.25, 0.3) is 97.8 Å². The maximum atomic E-state index is 5.16. The van der Waals surface area contributed by atoms with Gasteiger partial charge in [-0.3, -0.25) is 4.98 Å². The van der Waals surface area contributed by atoms with Gasteiger partial charge in [-0.15, -0.1) is 11.3 Å². The smallest absolute Gasteiger partial charge is 0.0977 e. The standard InChI is InChI=1S/C46H28N4S/c1-3-12-29(13-4-1)37-27-32(28-38(48-37)30-14-5-2-6-15-30)50-39-18-9-7-16-33(39)36-26-31(21-23-40(36)50)49-41-24-22-35-34-17-8-10-20-43(34)51-46(35)44(41)45-42(49)19-11-25-47-45/h1-28H. The van der Waals surface area contributed by atoms with Crippen LogP contribution in [-0.2, 0) is 0 Å². The quantitative estimate of drug-likeness (QED) is 0.187. The molecule has 238 valence electrons. The Balaban J connectivity index is 1.18. The molecule has 5 heteroatoms. The molecule has 0 radical (unpaired) electrons. The average molecular weight is 669 g/mol. The van der Waals surface area contributed by atoms with Crippen molar-refractivity contribution in [2.24, 2.45) is 0 Å². The molecule has 0 saturated carbocycles. The van der Waals surface area contributed by atoms with Crippen molar-refractivity contribution in [1.82, 2.24) is 19.1 Å². The van der Waals surface area contributed by atoms with Gasteiger partial charge in [0.05, 0.1) is 44.7 Å². The van der Waals surface area contributed by atoms with E-state index < -0.39 is 0 Å². The van der Waals surface area contributed by atoms with Crippen LogP contribution < -0.4 is 0 Å². The molecule has 0 bridgehead atoms. The van der Waals surface area contributed by atoms with Crippen LogP contribution in [-0.4, -0.2) is 19.1 Å². The predicted molar refractivity (Wildman–Crippen MR) is 214 cm³/mol. The summed E-state index contributed by atoms with van der Waals surface area (Å²) in [4.78, 5) is 10.1. The lowest BCUT2D eigenvalue weighted by Gasteiger charge is -2.13. The van der Waals surface area contributed by atoms with Crippen LogP contribution in [0.5, 0.6) is 0 Å². The van der Waals surface area contributed by atoms with Gasteiger partial charge in [0.2, 0.25) is 0 Å². The first-order valence-electron chi connectivity index (χ1n) is 17.2. The van der Waals surface area contributed by atoms with Crippen molar-refractivity contribution in [2.45, 2.75) is 0 Å². The van der Waals surface area contributed by atoms with Gasteiger partial charge in [-0.1, -0.05) is 103 Å². The molecule has 0 fully saturated rings. The average Bonchev–Trinajstić information content (AvgIpc) is 3.86. The van der Waals surface area contributed by atoms with Crippen molar-refractivity contribution in [3.8, 4) is 33.9 Å². The Hall–Kier alpha value is -6.56. The summed E-state index contributed by atoms with van der Waals surface area (Å²) in [7, 11) is 0. The molecule has 0 spiro atoms. The van der Waals surface area contributed by atoms with E-state index in [4.69, 9.17) is 9.97 Å². The molecule has 11 aromatic rings. The summed E-state index contributed by atoms with van der Waals surface area (Å²) in [6, 6.07) is 58.5. The number of benzene rings is 6. The molecule has 0 N–H and O–H groups in total. The highest BCUT2D eigenvalue weighted by Crippen LogP contribution is 2.43.